The Hall–Kier alpha value is -0.560. The number of rotatable bonds is 1. The van der Waals surface area contributed by atoms with E-state index in [1.54, 1.807) is 7.11 Å². The molecule has 0 aromatic carbocycles. The molecule has 0 aromatic rings. The lowest BCUT2D eigenvalue weighted by Crippen LogP contribution is -2.12. The summed E-state index contributed by atoms with van der Waals surface area (Å²) in [6.07, 6.45) is 7.65. The van der Waals surface area contributed by atoms with Gasteiger partial charge in [0, 0.05) is 7.11 Å². The third-order valence-electron chi connectivity index (χ3n) is 1.64. The topological polar surface area (TPSA) is 9.23 Å². The average molecular weight is 124 g/mol. The summed E-state index contributed by atoms with van der Waals surface area (Å²) in [6, 6.07) is 0. The Morgan fingerprint density at radius 1 is 1.67 bits per heavy atom. The van der Waals surface area contributed by atoms with Crippen LogP contribution >= 0.6 is 0 Å². The third-order valence-corrected chi connectivity index (χ3v) is 1.64. The first kappa shape index (κ1) is 6.56. The molecule has 0 bridgehead atoms. The summed E-state index contributed by atoms with van der Waals surface area (Å²) in [5, 5.41) is 0. The third kappa shape index (κ3) is 1.42. The molecule has 0 aliphatic heterocycles. The van der Waals surface area contributed by atoms with Gasteiger partial charge in [-0.3, -0.25) is 0 Å². The molecule has 0 N–H and O–H groups in total. The van der Waals surface area contributed by atoms with Crippen molar-refractivity contribution in [2.24, 2.45) is 0 Å². The average Bonchev–Trinajstić information content (AvgIpc) is 1.89. The van der Waals surface area contributed by atoms with Gasteiger partial charge in [-0.1, -0.05) is 18.2 Å². The van der Waals surface area contributed by atoms with Crippen molar-refractivity contribution in [2.45, 2.75) is 19.4 Å². The van der Waals surface area contributed by atoms with E-state index in [4.69, 9.17) is 4.74 Å². The number of methoxy groups -OCH3 is 1. The van der Waals surface area contributed by atoms with Crippen molar-refractivity contribution in [3.05, 3.63) is 23.8 Å². The van der Waals surface area contributed by atoms with Crippen LogP contribution in [0.4, 0.5) is 0 Å². The lowest BCUT2D eigenvalue weighted by Gasteiger charge is -2.15. The van der Waals surface area contributed by atoms with Gasteiger partial charge in [0.15, 0.2) is 0 Å². The van der Waals surface area contributed by atoms with Gasteiger partial charge in [0.1, 0.15) is 0 Å². The molecule has 1 atom stereocenters. The Bertz CT molecular complexity index is 145. The van der Waals surface area contributed by atoms with E-state index in [1.807, 2.05) is 0 Å². The number of hydrogen-bond donors (Lipinski definition) is 0. The van der Waals surface area contributed by atoms with Gasteiger partial charge in [0.2, 0.25) is 0 Å². The zero-order valence-electron chi connectivity index (χ0n) is 5.92. The van der Waals surface area contributed by atoms with Gasteiger partial charge in [0.25, 0.3) is 0 Å². The van der Waals surface area contributed by atoms with E-state index < -0.39 is 0 Å². The van der Waals surface area contributed by atoms with E-state index in [9.17, 15) is 0 Å². The molecule has 0 radical (unpaired) electrons. The van der Waals surface area contributed by atoms with Gasteiger partial charge in [-0.25, -0.2) is 0 Å². The van der Waals surface area contributed by atoms with E-state index in [2.05, 4.69) is 25.2 Å². The first-order valence-electron chi connectivity index (χ1n) is 3.20. The van der Waals surface area contributed by atoms with Crippen LogP contribution in [0.3, 0.4) is 0 Å². The Morgan fingerprint density at radius 3 is 2.89 bits per heavy atom. The molecule has 9 heavy (non-hydrogen) atoms. The second-order valence-electron chi connectivity index (χ2n) is 2.30. The van der Waals surface area contributed by atoms with Crippen LogP contribution in [0.15, 0.2) is 23.8 Å². The molecule has 0 aromatic heterocycles. The van der Waals surface area contributed by atoms with Gasteiger partial charge in [-0.05, 0) is 18.9 Å². The van der Waals surface area contributed by atoms with Crippen LogP contribution in [0, 0.1) is 0 Å². The molecule has 1 unspecified atom stereocenters. The van der Waals surface area contributed by atoms with Gasteiger partial charge >= 0.3 is 0 Å². The zero-order valence-corrected chi connectivity index (χ0v) is 5.92. The van der Waals surface area contributed by atoms with Crippen molar-refractivity contribution in [2.75, 3.05) is 7.11 Å². The fourth-order valence-electron chi connectivity index (χ4n) is 0.997. The van der Waals surface area contributed by atoms with Crippen LogP contribution in [0.5, 0.6) is 0 Å². The van der Waals surface area contributed by atoms with Gasteiger partial charge in [0.05, 0.1) is 6.10 Å². The molecule has 0 saturated carbocycles. The summed E-state index contributed by atoms with van der Waals surface area (Å²) >= 11 is 0. The summed E-state index contributed by atoms with van der Waals surface area (Å²) in [4.78, 5) is 0. The second kappa shape index (κ2) is 2.83. The summed E-state index contributed by atoms with van der Waals surface area (Å²) in [5.74, 6) is 0. The molecule has 0 spiro atoms. The molecule has 1 rings (SSSR count). The minimum Gasteiger partial charge on any atom is -0.377 e. The molecule has 1 heteroatoms. The standard InChI is InChI=1S/C8H12O/c1-7-5-3-4-6-8(7)9-2/h3-5,8H,6H2,1-2H3. The van der Waals surface area contributed by atoms with Crippen LogP contribution in [0.25, 0.3) is 0 Å². The maximum atomic E-state index is 5.18. The first-order chi connectivity index (χ1) is 4.34. The lowest BCUT2D eigenvalue weighted by molar-refractivity contribution is 0.133. The van der Waals surface area contributed by atoms with Crippen molar-refractivity contribution in [3.63, 3.8) is 0 Å². The Kier molecular flexibility index (Phi) is 2.06. The molecule has 1 aliphatic carbocycles. The van der Waals surface area contributed by atoms with Crippen molar-refractivity contribution in [1.82, 2.24) is 0 Å². The van der Waals surface area contributed by atoms with Crippen LogP contribution < -0.4 is 0 Å². The molecule has 0 amide bonds. The van der Waals surface area contributed by atoms with Crippen molar-refractivity contribution in [3.8, 4) is 0 Å². The van der Waals surface area contributed by atoms with E-state index in [0.29, 0.717) is 6.10 Å². The highest BCUT2D eigenvalue weighted by Crippen LogP contribution is 2.14. The maximum absolute atomic E-state index is 5.18. The first-order valence-corrected chi connectivity index (χ1v) is 3.20. The lowest BCUT2D eigenvalue weighted by atomic mass is 10.0. The van der Waals surface area contributed by atoms with Crippen LogP contribution in [0.2, 0.25) is 0 Å². The smallest absolute Gasteiger partial charge is 0.0816 e. The van der Waals surface area contributed by atoms with E-state index in [-0.39, 0.29) is 0 Å². The maximum Gasteiger partial charge on any atom is 0.0816 e. The number of hydrogen-bond acceptors (Lipinski definition) is 1. The quantitative estimate of drug-likeness (QED) is 0.518. The summed E-state index contributed by atoms with van der Waals surface area (Å²) in [7, 11) is 1.75. The normalized spacial score (nSPS) is 26.0. The van der Waals surface area contributed by atoms with Crippen LogP contribution in [-0.2, 0) is 4.74 Å². The molecule has 0 fully saturated rings. The van der Waals surface area contributed by atoms with Crippen molar-refractivity contribution in [1.29, 1.82) is 0 Å². The minimum atomic E-state index is 0.329. The van der Waals surface area contributed by atoms with Crippen molar-refractivity contribution >= 4 is 0 Å². The Balaban J connectivity index is 2.59. The zero-order chi connectivity index (χ0) is 6.69. The Labute approximate surface area is 56.0 Å². The molecule has 0 saturated heterocycles. The van der Waals surface area contributed by atoms with E-state index in [1.165, 1.54) is 5.57 Å². The summed E-state index contributed by atoms with van der Waals surface area (Å²) in [6.45, 7) is 2.09. The Morgan fingerprint density at radius 2 is 2.44 bits per heavy atom. The summed E-state index contributed by atoms with van der Waals surface area (Å²) in [5.41, 5.74) is 1.32. The van der Waals surface area contributed by atoms with Crippen molar-refractivity contribution < 1.29 is 4.74 Å². The second-order valence-corrected chi connectivity index (χ2v) is 2.30. The van der Waals surface area contributed by atoms with Crippen LogP contribution in [0.1, 0.15) is 13.3 Å². The fourth-order valence-corrected chi connectivity index (χ4v) is 0.997. The largest absolute Gasteiger partial charge is 0.377 e. The fraction of sp³-hybridized carbons (Fsp3) is 0.500. The highest BCUT2D eigenvalue weighted by Gasteiger charge is 2.08. The molecule has 0 heterocycles. The number of allylic oxidation sites excluding steroid dienone is 2. The van der Waals surface area contributed by atoms with Gasteiger partial charge < -0.3 is 4.74 Å². The van der Waals surface area contributed by atoms with Crippen LogP contribution in [-0.4, -0.2) is 13.2 Å². The van der Waals surface area contributed by atoms with E-state index >= 15 is 0 Å². The SMILES string of the molecule is COC1CC=CC=C1C. The van der Waals surface area contributed by atoms with Gasteiger partial charge in [-0.15, -0.1) is 0 Å². The molecule has 50 valence electrons. The predicted molar refractivity (Wildman–Crippen MR) is 38.3 cm³/mol. The predicted octanol–water partition coefficient (Wildman–Crippen LogP) is 1.91. The minimum absolute atomic E-state index is 0.329. The number of ether oxygens (including phenoxy) is 1. The highest BCUT2D eigenvalue weighted by molar-refractivity contribution is 5.20. The summed E-state index contributed by atoms with van der Waals surface area (Å²) < 4.78 is 5.18. The van der Waals surface area contributed by atoms with E-state index in [0.717, 1.165) is 6.42 Å². The van der Waals surface area contributed by atoms with Gasteiger partial charge in [-0.2, -0.15) is 0 Å². The highest BCUT2D eigenvalue weighted by atomic mass is 16.5. The monoisotopic (exact) mass is 124 g/mol. The molecule has 1 aliphatic rings. The molecular formula is C8H12O. The molecule has 1 nitrogen and oxygen atoms in total. The molecular weight excluding hydrogens is 112 g/mol.